The maximum Gasteiger partial charge on any atom is 0.342 e. The van der Waals surface area contributed by atoms with Gasteiger partial charge < -0.3 is 10.4 Å². The van der Waals surface area contributed by atoms with Crippen LogP contribution in [0.5, 0.6) is 0 Å². The van der Waals surface area contributed by atoms with E-state index >= 15 is 0 Å². The maximum atomic E-state index is 11.4. The second-order valence-electron chi connectivity index (χ2n) is 3.71. The second kappa shape index (κ2) is 4.63. The number of carboxylic acid groups (broad SMARTS) is 1. The van der Waals surface area contributed by atoms with E-state index in [0.29, 0.717) is 5.03 Å². The van der Waals surface area contributed by atoms with Crippen molar-refractivity contribution in [2.24, 2.45) is 0 Å². The van der Waals surface area contributed by atoms with E-state index in [1.807, 2.05) is 31.2 Å². The summed E-state index contributed by atoms with van der Waals surface area (Å²) in [5, 5.41) is 12.3. The van der Waals surface area contributed by atoms with E-state index in [2.05, 4.69) is 5.32 Å². The zero-order valence-corrected chi connectivity index (χ0v) is 10.0. The second-order valence-corrected chi connectivity index (χ2v) is 4.70. The average Bonchev–Trinajstić information content (AvgIpc) is 2.63. The summed E-state index contributed by atoms with van der Waals surface area (Å²) in [5.41, 5.74) is 1.76. The summed E-state index contributed by atoms with van der Waals surface area (Å²) < 4.78 is 0. The Morgan fingerprint density at radius 1 is 1.35 bits per heavy atom. The molecule has 1 aliphatic heterocycles. The lowest BCUT2D eigenvalue weighted by molar-refractivity contribution is -0.134. The first-order valence-corrected chi connectivity index (χ1v) is 6.04. The minimum Gasteiger partial charge on any atom is -0.477 e. The first kappa shape index (κ1) is 11.7. The summed E-state index contributed by atoms with van der Waals surface area (Å²) in [6, 6.07) is 7.55. The lowest BCUT2D eigenvalue weighted by atomic mass is 10.2. The molecule has 0 spiro atoms. The number of aliphatic carboxylic acids is 1. The van der Waals surface area contributed by atoms with Crippen molar-refractivity contribution in [1.29, 1.82) is 0 Å². The molecule has 17 heavy (non-hydrogen) atoms. The van der Waals surface area contributed by atoms with Gasteiger partial charge in [-0.2, -0.15) is 0 Å². The Morgan fingerprint density at radius 3 is 2.59 bits per heavy atom. The number of benzene rings is 1. The molecular weight excluding hydrogens is 238 g/mol. The van der Waals surface area contributed by atoms with E-state index < -0.39 is 5.97 Å². The van der Waals surface area contributed by atoms with Crippen molar-refractivity contribution in [1.82, 2.24) is 0 Å². The van der Waals surface area contributed by atoms with Crippen LogP contribution in [0.2, 0.25) is 0 Å². The largest absolute Gasteiger partial charge is 0.477 e. The van der Waals surface area contributed by atoms with Gasteiger partial charge in [-0.1, -0.05) is 29.5 Å². The smallest absolute Gasteiger partial charge is 0.342 e. The highest BCUT2D eigenvalue weighted by Gasteiger charge is 2.29. The van der Waals surface area contributed by atoms with E-state index in [0.717, 1.165) is 11.3 Å². The van der Waals surface area contributed by atoms with Crippen LogP contribution in [0.15, 0.2) is 34.9 Å². The van der Waals surface area contributed by atoms with Crippen molar-refractivity contribution in [3.8, 4) is 0 Å². The Kier molecular flexibility index (Phi) is 3.19. The fourth-order valence-electron chi connectivity index (χ4n) is 1.49. The number of rotatable bonds is 3. The highest BCUT2D eigenvalue weighted by Crippen LogP contribution is 2.30. The molecule has 0 saturated carbocycles. The van der Waals surface area contributed by atoms with E-state index in [-0.39, 0.29) is 17.1 Å². The first-order chi connectivity index (χ1) is 8.08. The van der Waals surface area contributed by atoms with Gasteiger partial charge in [-0.25, -0.2) is 4.79 Å². The van der Waals surface area contributed by atoms with Gasteiger partial charge in [0.1, 0.15) is 5.57 Å². The number of carboxylic acids is 1. The third-order valence-electron chi connectivity index (χ3n) is 2.38. The summed E-state index contributed by atoms with van der Waals surface area (Å²) in [6.45, 7) is 1.97. The van der Waals surface area contributed by atoms with Gasteiger partial charge in [-0.05, 0) is 19.1 Å². The zero-order valence-electron chi connectivity index (χ0n) is 9.19. The van der Waals surface area contributed by atoms with Gasteiger partial charge in [-0.15, -0.1) is 0 Å². The molecule has 0 radical (unpaired) electrons. The van der Waals surface area contributed by atoms with Crippen LogP contribution < -0.4 is 5.32 Å². The van der Waals surface area contributed by atoms with Gasteiger partial charge in [0.15, 0.2) is 5.78 Å². The van der Waals surface area contributed by atoms with Gasteiger partial charge >= 0.3 is 5.97 Å². The number of carbonyl (C=O) groups excluding carboxylic acids is 1. The number of hydrogen-bond donors (Lipinski definition) is 2. The molecule has 0 saturated heterocycles. The third kappa shape index (κ3) is 2.50. The number of nitrogens with one attached hydrogen (secondary N) is 1. The third-order valence-corrected chi connectivity index (χ3v) is 3.38. The van der Waals surface area contributed by atoms with Crippen molar-refractivity contribution in [3.05, 3.63) is 40.4 Å². The van der Waals surface area contributed by atoms with Crippen molar-refractivity contribution in [2.75, 3.05) is 11.1 Å². The molecule has 0 fully saturated rings. The molecular formula is C12H11NO3S. The Bertz CT molecular complexity index is 505. The number of hydrogen-bond acceptors (Lipinski definition) is 4. The highest BCUT2D eigenvalue weighted by atomic mass is 32.2. The molecule has 0 aliphatic carbocycles. The SMILES string of the molecule is Cc1ccc(NC2=C(C(=O)O)C(=O)CS2)cc1. The van der Waals surface area contributed by atoms with Crippen LogP contribution in [0.1, 0.15) is 5.56 Å². The molecule has 1 heterocycles. The summed E-state index contributed by atoms with van der Waals surface area (Å²) in [7, 11) is 0. The number of anilines is 1. The number of thioether (sulfide) groups is 1. The monoisotopic (exact) mass is 249 g/mol. The van der Waals surface area contributed by atoms with Crippen molar-refractivity contribution >= 4 is 29.2 Å². The van der Waals surface area contributed by atoms with Crippen LogP contribution in [0.4, 0.5) is 5.69 Å². The summed E-state index contributed by atoms with van der Waals surface area (Å²) >= 11 is 1.22. The van der Waals surface area contributed by atoms with E-state index in [1.54, 1.807) is 0 Å². The Balaban J connectivity index is 2.26. The summed E-state index contributed by atoms with van der Waals surface area (Å²) in [6.07, 6.45) is 0. The molecule has 1 aromatic carbocycles. The highest BCUT2D eigenvalue weighted by molar-refractivity contribution is 8.04. The predicted molar refractivity (Wildman–Crippen MR) is 66.9 cm³/mol. The van der Waals surface area contributed by atoms with E-state index in [4.69, 9.17) is 5.11 Å². The molecule has 0 unspecified atom stereocenters. The predicted octanol–water partition coefficient (Wildman–Crippen LogP) is 2.02. The quantitative estimate of drug-likeness (QED) is 0.802. The molecule has 0 bridgehead atoms. The van der Waals surface area contributed by atoms with E-state index in [9.17, 15) is 9.59 Å². The maximum absolute atomic E-state index is 11.4. The topological polar surface area (TPSA) is 66.4 Å². The van der Waals surface area contributed by atoms with Crippen molar-refractivity contribution in [3.63, 3.8) is 0 Å². The summed E-state index contributed by atoms with van der Waals surface area (Å²) in [4.78, 5) is 22.3. The van der Waals surface area contributed by atoms with E-state index in [1.165, 1.54) is 11.8 Å². The molecule has 0 aromatic heterocycles. The molecule has 4 nitrogen and oxygen atoms in total. The molecule has 1 aliphatic rings. The lowest BCUT2D eigenvalue weighted by Crippen LogP contribution is -2.12. The van der Waals surface area contributed by atoms with Gasteiger partial charge in [0.05, 0.1) is 10.8 Å². The van der Waals surface area contributed by atoms with Gasteiger partial charge in [-0.3, -0.25) is 4.79 Å². The number of aryl methyl sites for hydroxylation is 1. The standard InChI is InChI=1S/C12H11NO3S/c1-7-2-4-8(5-3-7)13-11-10(12(15)16)9(14)6-17-11/h2-5,13H,6H2,1H3,(H,15,16). The molecule has 2 rings (SSSR count). The Hall–Kier alpha value is -1.75. The number of Topliss-reactive ketones (excluding diaryl/α,β-unsaturated/α-hetero) is 1. The minimum atomic E-state index is -1.17. The van der Waals surface area contributed by atoms with Gasteiger partial charge in [0, 0.05) is 5.69 Å². The van der Waals surface area contributed by atoms with Crippen LogP contribution in [-0.4, -0.2) is 22.6 Å². The fourth-order valence-corrected chi connectivity index (χ4v) is 2.45. The van der Waals surface area contributed by atoms with Crippen LogP contribution in [0.25, 0.3) is 0 Å². The fraction of sp³-hybridized carbons (Fsp3) is 0.167. The molecule has 0 amide bonds. The van der Waals surface area contributed by atoms with Crippen LogP contribution >= 0.6 is 11.8 Å². The van der Waals surface area contributed by atoms with Crippen LogP contribution in [0, 0.1) is 6.92 Å². The molecule has 88 valence electrons. The normalized spacial score (nSPS) is 15.2. The van der Waals surface area contributed by atoms with Gasteiger partial charge in [0.2, 0.25) is 0 Å². The Morgan fingerprint density at radius 2 is 2.00 bits per heavy atom. The Labute approximate surface area is 103 Å². The molecule has 1 aromatic rings. The van der Waals surface area contributed by atoms with Crippen molar-refractivity contribution < 1.29 is 14.7 Å². The number of ketones is 1. The lowest BCUT2D eigenvalue weighted by Gasteiger charge is -2.07. The molecule has 2 N–H and O–H groups in total. The van der Waals surface area contributed by atoms with Crippen molar-refractivity contribution in [2.45, 2.75) is 6.92 Å². The van der Waals surface area contributed by atoms with Crippen LogP contribution in [0.3, 0.4) is 0 Å². The van der Waals surface area contributed by atoms with Crippen LogP contribution in [-0.2, 0) is 9.59 Å². The zero-order chi connectivity index (χ0) is 12.4. The average molecular weight is 249 g/mol. The molecule has 0 atom stereocenters. The summed E-state index contributed by atoms with van der Waals surface area (Å²) in [5.74, 6) is -1.32. The van der Waals surface area contributed by atoms with Gasteiger partial charge in [0.25, 0.3) is 0 Å². The first-order valence-electron chi connectivity index (χ1n) is 5.05. The minimum absolute atomic E-state index is 0.143. The number of carbonyl (C=O) groups is 2. The molecule has 5 heteroatoms.